The Morgan fingerprint density at radius 3 is 2.56 bits per heavy atom. The van der Waals surface area contributed by atoms with Crippen molar-refractivity contribution in [2.75, 3.05) is 20.2 Å². The molecule has 3 nitrogen and oxygen atoms in total. The molecule has 1 fully saturated rings. The van der Waals surface area contributed by atoms with Crippen molar-refractivity contribution in [1.29, 1.82) is 0 Å². The Hall–Kier alpha value is -2.29. The lowest BCUT2D eigenvalue weighted by Gasteiger charge is -2.20. The molecule has 0 radical (unpaired) electrons. The predicted octanol–water partition coefficient (Wildman–Crippen LogP) is 4.20. The van der Waals surface area contributed by atoms with Gasteiger partial charge in [-0.1, -0.05) is 18.2 Å². The van der Waals surface area contributed by atoms with E-state index in [4.69, 9.17) is 4.74 Å². The summed E-state index contributed by atoms with van der Waals surface area (Å²) in [5.74, 6) is 1.49. The van der Waals surface area contributed by atoms with Crippen molar-refractivity contribution in [3.8, 4) is 5.75 Å². The maximum absolute atomic E-state index is 12.9. The summed E-state index contributed by atoms with van der Waals surface area (Å²) in [4.78, 5) is 14.9. The highest BCUT2D eigenvalue weighted by Gasteiger charge is 2.28. The highest BCUT2D eigenvalue weighted by molar-refractivity contribution is 5.94. The molecule has 4 rings (SSSR count). The summed E-state index contributed by atoms with van der Waals surface area (Å²) in [7, 11) is 1.68. The molecule has 0 saturated carbocycles. The molecule has 2 aromatic rings. The monoisotopic (exact) mass is 335 g/mol. The Morgan fingerprint density at radius 1 is 1.04 bits per heavy atom. The molecular formula is C22H25NO2. The van der Waals surface area contributed by atoms with Crippen LogP contribution < -0.4 is 4.74 Å². The Balaban J connectivity index is 1.46. The van der Waals surface area contributed by atoms with Crippen LogP contribution in [-0.2, 0) is 12.8 Å². The molecule has 2 aliphatic rings. The van der Waals surface area contributed by atoms with Gasteiger partial charge in [-0.25, -0.2) is 0 Å². The van der Waals surface area contributed by atoms with Gasteiger partial charge in [0.15, 0.2) is 0 Å². The zero-order valence-corrected chi connectivity index (χ0v) is 14.8. The molecule has 25 heavy (non-hydrogen) atoms. The highest BCUT2D eigenvalue weighted by Crippen LogP contribution is 2.30. The van der Waals surface area contributed by atoms with Gasteiger partial charge >= 0.3 is 0 Å². The van der Waals surface area contributed by atoms with Crippen molar-refractivity contribution >= 4 is 5.91 Å². The van der Waals surface area contributed by atoms with Gasteiger partial charge in [-0.15, -0.1) is 0 Å². The van der Waals surface area contributed by atoms with Crippen molar-refractivity contribution in [3.05, 3.63) is 64.7 Å². The quantitative estimate of drug-likeness (QED) is 0.841. The minimum absolute atomic E-state index is 0.185. The van der Waals surface area contributed by atoms with Crippen molar-refractivity contribution < 1.29 is 9.53 Å². The first-order chi connectivity index (χ1) is 12.2. The average Bonchev–Trinajstić information content (AvgIpc) is 3.17. The Bertz CT molecular complexity index is 766. The van der Waals surface area contributed by atoms with Gasteiger partial charge in [0.25, 0.3) is 5.91 Å². The first-order valence-electron chi connectivity index (χ1n) is 9.29. The number of carbonyl (C=O) groups excluding carboxylic acids is 1. The first-order valence-corrected chi connectivity index (χ1v) is 9.29. The Morgan fingerprint density at radius 2 is 1.80 bits per heavy atom. The van der Waals surface area contributed by atoms with E-state index in [0.717, 1.165) is 43.7 Å². The molecule has 1 aliphatic heterocycles. The summed E-state index contributed by atoms with van der Waals surface area (Å²) in [6.07, 6.45) is 5.82. The zero-order chi connectivity index (χ0) is 17.2. The molecular weight excluding hydrogens is 310 g/mol. The third-order valence-electron chi connectivity index (χ3n) is 5.66. The van der Waals surface area contributed by atoms with E-state index in [-0.39, 0.29) is 5.91 Å². The number of rotatable bonds is 3. The molecule has 1 atom stereocenters. The standard InChI is InChI=1S/C22H25NO2/c1-25-21-10-8-17(9-11-21)20-12-13-23(15-20)22(24)19-7-6-16-4-2-3-5-18(16)14-19/h6-11,14,20H,2-5,12-13,15H2,1H3. The van der Waals surface area contributed by atoms with Gasteiger partial charge in [0.05, 0.1) is 7.11 Å². The molecule has 1 saturated heterocycles. The second-order valence-electron chi connectivity index (χ2n) is 7.20. The van der Waals surface area contributed by atoms with E-state index in [9.17, 15) is 4.79 Å². The number of benzene rings is 2. The molecule has 130 valence electrons. The van der Waals surface area contributed by atoms with Crippen molar-refractivity contribution in [3.63, 3.8) is 0 Å². The van der Waals surface area contributed by atoms with Crippen molar-refractivity contribution in [2.24, 2.45) is 0 Å². The number of amides is 1. The molecule has 0 spiro atoms. The minimum Gasteiger partial charge on any atom is -0.497 e. The minimum atomic E-state index is 0.185. The summed E-state index contributed by atoms with van der Waals surface area (Å²) < 4.78 is 5.23. The fourth-order valence-corrected chi connectivity index (χ4v) is 4.14. The van der Waals surface area contributed by atoms with Crippen LogP contribution >= 0.6 is 0 Å². The molecule has 0 bridgehead atoms. The van der Waals surface area contributed by atoms with Gasteiger partial charge in [-0.2, -0.15) is 0 Å². The maximum Gasteiger partial charge on any atom is 0.253 e. The Labute approximate surface area is 149 Å². The average molecular weight is 335 g/mol. The third-order valence-corrected chi connectivity index (χ3v) is 5.66. The number of carbonyl (C=O) groups is 1. The molecule has 0 N–H and O–H groups in total. The number of nitrogens with zero attached hydrogens (tertiary/aromatic N) is 1. The number of aryl methyl sites for hydroxylation is 2. The van der Waals surface area contributed by atoms with Gasteiger partial charge in [0, 0.05) is 24.6 Å². The third kappa shape index (κ3) is 3.28. The van der Waals surface area contributed by atoms with Crippen LogP contribution in [-0.4, -0.2) is 31.0 Å². The van der Waals surface area contributed by atoms with Crippen LogP contribution in [0, 0.1) is 0 Å². The van der Waals surface area contributed by atoms with E-state index >= 15 is 0 Å². The number of hydrogen-bond donors (Lipinski definition) is 0. The van der Waals surface area contributed by atoms with E-state index in [1.54, 1.807) is 7.11 Å². The summed E-state index contributed by atoms with van der Waals surface area (Å²) in [5, 5.41) is 0. The number of fused-ring (bicyclic) bond motifs is 1. The lowest BCUT2D eigenvalue weighted by molar-refractivity contribution is 0.0790. The second-order valence-corrected chi connectivity index (χ2v) is 7.20. The smallest absolute Gasteiger partial charge is 0.253 e. The first kappa shape index (κ1) is 16.2. The van der Waals surface area contributed by atoms with E-state index in [2.05, 4.69) is 24.3 Å². The summed E-state index contributed by atoms with van der Waals surface area (Å²) in [6.45, 7) is 1.65. The molecule has 3 heteroatoms. The van der Waals surface area contributed by atoms with Crippen LogP contribution in [0.1, 0.15) is 52.2 Å². The topological polar surface area (TPSA) is 29.5 Å². The SMILES string of the molecule is COc1ccc(C2CCN(C(=O)c3ccc4c(c3)CCCC4)C2)cc1. The molecule has 0 aromatic heterocycles. The molecule has 1 unspecified atom stereocenters. The van der Waals surface area contributed by atoms with Crippen LogP contribution in [0.5, 0.6) is 5.75 Å². The largest absolute Gasteiger partial charge is 0.497 e. The highest BCUT2D eigenvalue weighted by atomic mass is 16.5. The summed E-state index contributed by atoms with van der Waals surface area (Å²) >= 11 is 0. The van der Waals surface area contributed by atoms with Crippen LogP contribution in [0.4, 0.5) is 0 Å². The normalized spacial score (nSPS) is 19.6. The van der Waals surface area contributed by atoms with Crippen molar-refractivity contribution in [2.45, 2.75) is 38.0 Å². The van der Waals surface area contributed by atoms with Crippen LogP contribution in [0.15, 0.2) is 42.5 Å². The van der Waals surface area contributed by atoms with Gasteiger partial charge in [-0.05, 0) is 73.1 Å². The van der Waals surface area contributed by atoms with E-state index < -0.39 is 0 Å². The molecule has 2 aromatic carbocycles. The second kappa shape index (κ2) is 6.91. The van der Waals surface area contributed by atoms with E-state index in [1.807, 2.05) is 23.1 Å². The number of ether oxygens (including phenoxy) is 1. The lowest BCUT2D eigenvalue weighted by atomic mass is 9.90. The van der Waals surface area contributed by atoms with Gasteiger partial charge in [-0.3, -0.25) is 4.79 Å². The summed E-state index contributed by atoms with van der Waals surface area (Å²) in [5.41, 5.74) is 4.96. The van der Waals surface area contributed by atoms with Crippen LogP contribution in [0.2, 0.25) is 0 Å². The predicted molar refractivity (Wildman–Crippen MR) is 99.3 cm³/mol. The Kier molecular flexibility index (Phi) is 4.48. The molecule has 1 amide bonds. The van der Waals surface area contributed by atoms with E-state index in [1.165, 1.54) is 29.5 Å². The fourth-order valence-electron chi connectivity index (χ4n) is 4.14. The lowest BCUT2D eigenvalue weighted by Crippen LogP contribution is -2.28. The van der Waals surface area contributed by atoms with Crippen LogP contribution in [0.25, 0.3) is 0 Å². The van der Waals surface area contributed by atoms with Crippen molar-refractivity contribution in [1.82, 2.24) is 4.90 Å². The van der Waals surface area contributed by atoms with Gasteiger partial charge in [0.1, 0.15) is 5.75 Å². The van der Waals surface area contributed by atoms with E-state index in [0.29, 0.717) is 5.92 Å². The fraction of sp³-hybridized carbons (Fsp3) is 0.409. The molecule has 1 heterocycles. The zero-order valence-electron chi connectivity index (χ0n) is 14.8. The van der Waals surface area contributed by atoms with Gasteiger partial charge < -0.3 is 9.64 Å². The number of hydrogen-bond acceptors (Lipinski definition) is 2. The summed E-state index contributed by atoms with van der Waals surface area (Å²) in [6, 6.07) is 14.6. The number of methoxy groups -OCH3 is 1. The molecule has 1 aliphatic carbocycles. The number of likely N-dealkylation sites (tertiary alicyclic amines) is 1. The maximum atomic E-state index is 12.9. The van der Waals surface area contributed by atoms with Gasteiger partial charge in [0.2, 0.25) is 0 Å². The van der Waals surface area contributed by atoms with Crippen LogP contribution in [0.3, 0.4) is 0 Å².